The van der Waals surface area contributed by atoms with Crippen molar-refractivity contribution in [3.63, 3.8) is 0 Å². The van der Waals surface area contributed by atoms with Crippen LogP contribution in [-0.4, -0.2) is 21.4 Å². The van der Waals surface area contributed by atoms with Crippen molar-refractivity contribution in [2.75, 3.05) is 12.4 Å². The topological polar surface area (TPSA) is 84.5 Å². The van der Waals surface area contributed by atoms with Crippen LogP contribution in [0.15, 0.2) is 83.8 Å². The summed E-state index contributed by atoms with van der Waals surface area (Å²) in [7, 11) is -2.10. The fraction of sp³-hybridized carbons (Fsp3) is 0.208. The van der Waals surface area contributed by atoms with E-state index in [9.17, 15) is 13.2 Å². The van der Waals surface area contributed by atoms with Crippen molar-refractivity contribution in [2.45, 2.75) is 30.7 Å². The Kier molecular flexibility index (Phi) is 7.44. The zero-order valence-electron chi connectivity index (χ0n) is 17.5. The number of nitrogens with one attached hydrogen (secondary N) is 2. The van der Waals surface area contributed by atoms with Crippen LogP contribution in [0.5, 0.6) is 5.75 Å². The molecule has 0 aliphatic rings. The lowest BCUT2D eigenvalue weighted by molar-refractivity contribution is -0.116. The molecule has 0 spiro atoms. The van der Waals surface area contributed by atoms with Crippen molar-refractivity contribution >= 4 is 21.6 Å². The molecular formula is C24H26N2O4S. The molecule has 0 bridgehead atoms. The van der Waals surface area contributed by atoms with Crippen LogP contribution in [0.2, 0.25) is 0 Å². The number of para-hydroxylation sites is 2. The van der Waals surface area contributed by atoms with Gasteiger partial charge >= 0.3 is 0 Å². The maximum Gasteiger partial charge on any atom is 0.241 e. The Morgan fingerprint density at radius 1 is 0.935 bits per heavy atom. The summed E-state index contributed by atoms with van der Waals surface area (Å²) in [5.41, 5.74) is 2.39. The van der Waals surface area contributed by atoms with Gasteiger partial charge in [0.2, 0.25) is 15.9 Å². The second-order valence-electron chi connectivity index (χ2n) is 7.15. The van der Waals surface area contributed by atoms with Crippen LogP contribution < -0.4 is 14.8 Å². The standard InChI is InChI=1S/C24H26N2O4S/c1-18(20-8-4-3-5-9-20)26-31(28,29)21-15-12-19(13-16-21)14-17-24(27)25-22-10-6-7-11-23(22)30-2/h3-13,15-16,18,26H,14,17H2,1-2H3,(H,25,27)/t18-/m0/s1. The highest BCUT2D eigenvalue weighted by molar-refractivity contribution is 7.89. The summed E-state index contributed by atoms with van der Waals surface area (Å²) in [6.07, 6.45) is 0.766. The Balaban J connectivity index is 1.57. The van der Waals surface area contributed by atoms with E-state index in [1.165, 1.54) is 0 Å². The molecule has 0 unspecified atom stereocenters. The molecule has 31 heavy (non-hydrogen) atoms. The highest BCUT2D eigenvalue weighted by Crippen LogP contribution is 2.23. The van der Waals surface area contributed by atoms with Crippen LogP contribution in [0.25, 0.3) is 0 Å². The zero-order valence-corrected chi connectivity index (χ0v) is 18.4. The van der Waals surface area contributed by atoms with Gasteiger partial charge in [0, 0.05) is 12.5 Å². The fourth-order valence-electron chi connectivity index (χ4n) is 3.16. The van der Waals surface area contributed by atoms with Gasteiger partial charge in [-0.3, -0.25) is 4.79 Å². The second kappa shape index (κ2) is 10.2. The molecule has 1 atom stereocenters. The maximum atomic E-state index is 12.7. The van der Waals surface area contributed by atoms with E-state index >= 15 is 0 Å². The fourth-order valence-corrected chi connectivity index (χ4v) is 4.40. The van der Waals surface area contributed by atoms with Crippen LogP contribution in [0.1, 0.15) is 30.5 Å². The lowest BCUT2D eigenvalue weighted by atomic mass is 10.1. The molecular weight excluding hydrogens is 412 g/mol. The average Bonchev–Trinajstić information content (AvgIpc) is 2.78. The number of hydrogen-bond acceptors (Lipinski definition) is 4. The third kappa shape index (κ3) is 6.16. The summed E-state index contributed by atoms with van der Waals surface area (Å²) in [6.45, 7) is 1.81. The first-order valence-electron chi connectivity index (χ1n) is 9.98. The number of amides is 1. The summed E-state index contributed by atoms with van der Waals surface area (Å²) in [5.74, 6) is 0.460. The molecule has 0 aromatic heterocycles. The Hall–Kier alpha value is -3.16. The molecule has 3 rings (SSSR count). The number of sulfonamides is 1. The maximum absolute atomic E-state index is 12.7. The Labute approximate surface area is 183 Å². The summed E-state index contributed by atoms with van der Waals surface area (Å²) in [5, 5.41) is 2.83. The highest BCUT2D eigenvalue weighted by Gasteiger charge is 2.18. The normalized spacial score (nSPS) is 12.2. The molecule has 0 aliphatic heterocycles. The minimum Gasteiger partial charge on any atom is -0.495 e. The molecule has 1 amide bonds. The van der Waals surface area contributed by atoms with Gasteiger partial charge in [0.05, 0.1) is 17.7 Å². The Bertz CT molecular complexity index is 1110. The van der Waals surface area contributed by atoms with E-state index in [2.05, 4.69) is 10.0 Å². The van der Waals surface area contributed by atoms with Crippen molar-refractivity contribution in [3.05, 3.63) is 90.0 Å². The molecule has 7 heteroatoms. The van der Waals surface area contributed by atoms with Crippen molar-refractivity contribution in [1.29, 1.82) is 0 Å². The molecule has 2 N–H and O–H groups in total. The minimum atomic E-state index is -3.65. The first-order chi connectivity index (χ1) is 14.9. The smallest absolute Gasteiger partial charge is 0.241 e. The van der Waals surface area contributed by atoms with E-state index in [1.807, 2.05) is 49.4 Å². The first-order valence-corrected chi connectivity index (χ1v) is 11.5. The van der Waals surface area contributed by atoms with Gasteiger partial charge in [-0.05, 0) is 48.7 Å². The first kappa shape index (κ1) is 22.5. The van der Waals surface area contributed by atoms with E-state index < -0.39 is 10.0 Å². The lowest BCUT2D eigenvalue weighted by Gasteiger charge is -2.15. The summed E-state index contributed by atoms with van der Waals surface area (Å²) >= 11 is 0. The van der Waals surface area contributed by atoms with Gasteiger partial charge in [-0.2, -0.15) is 0 Å². The van der Waals surface area contributed by atoms with Crippen molar-refractivity contribution < 1.29 is 17.9 Å². The van der Waals surface area contributed by atoms with E-state index in [1.54, 1.807) is 43.5 Å². The molecule has 0 saturated heterocycles. The number of hydrogen-bond donors (Lipinski definition) is 2. The number of carbonyl (C=O) groups is 1. The lowest BCUT2D eigenvalue weighted by Crippen LogP contribution is -2.26. The van der Waals surface area contributed by atoms with Crippen LogP contribution in [0.4, 0.5) is 5.69 Å². The third-order valence-electron chi connectivity index (χ3n) is 4.89. The number of carbonyl (C=O) groups excluding carboxylic acids is 1. The second-order valence-corrected chi connectivity index (χ2v) is 8.86. The van der Waals surface area contributed by atoms with E-state index in [4.69, 9.17) is 4.74 Å². The van der Waals surface area contributed by atoms with Crippen molar-refractivity contribution in [3.8, 4) is 5.75 Å². The van der Waals surface area contributed by atoms with Gasteiger partial charge in [-0.1, -0.05) is 54.6 Å². The Morgan fingerprint density at radius 2 is 1.58 bits per heavy atom. The molecule has 0 fully saturated rings. The molecule has 6 nitrogen and oxygen atoms in total. The number of benzene rings is 3. The van der Waals surface area contributed by atoms with E-state index in [0.717, 1.165) is 11.1 Å². The van der Waals surface area contributed by atoms with Crippen LogP contribution in [0.3, 0.4) is 0 Å². The molecule has 162 valence electrons. The predicted octanol–water partition coefficient (Wildman–Crippen LogP) is 4.31. The van der Waals surface area contributed by atoms with Gasteiger partial charge in [0.1, 0.15) is 5.75 Å². The quantitative estimate of drug-likeness (QED) is 0.522. The molecule has 0 heterocycles. The van der Waals surface area contributed by atoms with E-state index in [-0.39, 0.29) is 23.3 Å². The summed E-state index contributed by atoms with van der Waals surface area (Å²) < 4.78 is 33.3. The average molecular weight is 439 g/mol. The van der Waals surface area contributed by atoms with Gasteiger partial charge in [-0.15, -0.1) is 0 Å². The van der Waals surface area contributed by atoms with Crippen LogP contribution in [-0.2, 0) is 21.2 Å². The monoisotopic (exact) mass is 438 g/mol. The van der Waals surface area contributed by atoms with Crippen LogP contribution >= 0.6 is 0 Å². The number of rotatable bonds is 9. The zero-order chi connectivity index (χ0) is 22.3. The largest absolute Gasteiger partial charge is 0.495 e. The SMILES string of the molecule is COc1ccccc1NC(=O)CCc1ccc(S(=O)(=O)N[C@@H](C)c2ccccc2)cc1. The highest BCUT2D eigenvalue weighted by atomic mass is 32.2. The molecule has 0 saturated carbocycles. The summed E-state index contributed by atoms with van der Waals surface area (Å²) in [4.78, 5) is 12.5. The number of methoxy groups -OCH3 is 1. The van der Waals surface area contributed by atoms with E-state index in [0.29, 0.717) is 17.9 Å². The Morgan fingerprint density at radius 3 is 2.26 bits per heavy atom. The van der Waals surface area contributed by atoms with Crippen molar-refractivity contribution in [2.24, 2.45) is 0 Å². The van der Waals surface area contributed by atoms with Gasteiger partial charge in [-0.25, -0.2) is 13.1 Å². The number of anilines is 1. The van der Waals surface area contributed by atoms with Gasteiger partial charge < -0.3 is 10.1 Å². The molecule has 3 aromatic carbocycles. The van der Waals surface area contributed by atoms with Gasteiger partial charge in [0.25, 0.3) is 0 Å². The van der Waals surface area contributed by atoms with Gasteiger partial charge in [0.15, 0.2) is 0 Å². The summed E-state index contributed by atoms with van der Waals surface area (Å²) in [6, 6.07) is 22.9. The predicted molar refractivity (Wildman–Crippen MR) is 122 cm³/mol. The third-order valence-corrected chi connectivity index (χ3v) is 6.44. The molecule has 0 radical (unpaired) electrons. The number of aryl methyl sites for hydroxylation is 1. The minimum absolute atomic E-state index is 0.139. The molecule has 0 aliphatic carbocycles. The van der Waals surface area contributed by atoms with Crippen LogP contribution in [0, 0.1) is 0 Å². The van der Waals surface area contributed by atoms with Crippen molar-refractivity contribution in [1.82, 2.24) is 4.72 Å². The molecule has 3 aromatic rings. The number of ether oxygens (including phenoxy) is 1.